The van der Waals surface area contributed by atoms with Crippen molar-refractivity contribution in [2.45, 2.75) is 19.5 Å². The molecule has 0 aliphatic heterocycles. The predicted octanol–water partition coefficient (Wildman–Crippen LogP) is 3.86. The molecule has 0 saturated carbocycles. The fourth-order valence-electron chi connectivity index (χ4n) is 1.82. The van der Waals surface area contributed by atoms with Crippen molar-refractivity contribution in [3.8, 4) is 0 Å². The molecule has 2 aromatic rings. The lowest BCUT2D eigenvalue weighted by molar-refractivity contribution is 0.675. The van der Waals surface area contributed by atoms with E-state index in [-0.39, 0.29) is 6.04 Å². The number of halogens is 2. The molecule has 2 N–H and O–H groups in total. The molecule has 0 amide bonds. The summed E-state index contributed by atoms with van der Waals surface area (Å²) in [6.07, 6.45) is 2.02. The van der Waals surface area contributed by atoms with E-state index in [9.17, 15) is 0 Å². The van der Waals surface area contributed by atoms with Crippen LogP contribution >= 0.6 is 23.2 Å². The minimum absolute atomic E-state index is 0.0211. The summed E-state index contributed by atoms with van der Waals surface area (Å²) >= 11 is 11.9. The Kier molecular flexibility index (Phi) is 3.77. The first kappa shape index (κ1) is 12.5. The lowest BCUT2D eigenvalue weighted by atomic mass is 10.2. The standard InChI is InChI=1S/C13H14Cl2N2/c1-9(16)13-3-2-6-17(13)8-10-4-5-11(14)12(15)7-10/h2-7,9H,8,16H2,1H3. The highest BCUT2D eigenvalue weighted by atomic mass is 35.5. The molecule has 1 aromatic carbocycles. The second-order valence-corrected chi connectivity index (χ2v) is 4.91. The maximum atomic E-state index is 5.99. The highest BCUT2D eigenvalue weighted by molar-refractivity contribution is 6.42. The largest absolute Gasteiger partial charge is 0.346 e. The summed E-state index contributed by atoms with van der Waals surface area (Å²) in [4.78, 5) is 0. The van der Waals surface area contributed by atoms with Crippen molar-refractivity contribution in [2.24, 2.45) is 5.73 Å². The van der Waals surface area contributed by atoms with Gasteiger partial charge >= 0.3 is 0 Å². The molecule has 90 valence electrons. The predicted molar refractivity (Wildman–Crippen MR) is 72.6 cm³/mol. The number of aromatic nitrogens is 1. The zero-order valence-corrected chi connectivity index (χ0v) is 11.0. The van der Waals surface area contributed by atoms with Crippen molar-refractivity contribution in [3.05, 3.63) is 57.8 Å². The third-order valence-corrected chi connectivity index (χ3v) is 3.41. The molecular formula is C13H14Cl2N2. The van der Waals surface area contributed by atoms with Gasteiger partial charge in [0.05, 0.1) is 10.0 Å². The van der Waals surface area contributed by atoms with Crippen LogP contribution in [0, 0.1) is 0 Å². The summed E-state index contributed by atoms with van der Waals surface area (Å²) < 4.78 is 2.12. The van der Waals surface area contributed by atoms with Crippen molar-refractivity contribution >= 4 is 23.2 Å². The zero-order valence-electron chi connectivity index (χ0n) is 9.53. The number of rotatable bonds is 3. The zero-order chi connectivity index (χ0) is 12.4. The number of hydrogen-bond acceptors (Lipinski definition) is 1. The Hall–Kier alpha value is -0.960. The van der Waals surface area contributed by atoms with Crippen LogP contribution in [0.3, 0.4) is 0 Å². The van der Waals surface area contributed by atoms with Gasteiger partial charge in [-0.05, 0) is 36.8 Å². The van der Waals surface area contributed by atoms with Gasteiger partial charge in [0.15, 0.2) is 0 Å². The van der Waals surface area contributed by atoms with Crippen LogP contribution in [-0.4, -0.2) is 4.57 Å². The lowest BCUT2D eigenvalue weighted by Crippen LogP contribution is -2.12. The van der Waals surface area contributed by atoms with Crippen LogP contribution in [-0.2, 0) is 6.54 Å². The van der Waals surface area contributed by atoms with Crippen molar-refractivity contribution in [1.82, 2.24) is 4.57 Å². The molecule has 1 aromatic heterocycles. The number of nitrogens with two attached hydrogens (primary N) is 1. The monoisotopic (exact) mass is 268 g/mol. The van der Waals surface area contributed by atoms with E-state index in [0.717, 1.165) is 17.8 Å². The molecule has 2 nitrogen and oxygen atoms in total. The van der Waals surface area contributed by atoms with Gasteiger partial charge < -0.3 is 10.3 Å². The van der Waals surface area contributed by atoms with Gasteiger partial charge in [0.1, 0.15) is 0 Å². The fraction of sp³-hybridized carbons (Fsp3) is 0.231. The first-order valence-corrected chi connectivity index (χ1v) is 6.18. The molecule has 1 atom stereocenters. The van der Waals surface area contributed by atoms with Crippen LogP contribution in [0.5, 0.6) is 0 Å². The summed E-state index contributed by atoms with van der Waals surface area (Å²) in [5, 5.41) is 1.16. The van der Waals surface area contributed by atoms with Gasteiger partial charge in [0.25, 0.3) is 0 Å². The summed E-state index contributed by atoms with van der Waals surface area (Å²) in [5.41, 5.74) is 8.11. The van der Waals surface area contributed by atoms with E-state index in [0.29, 0.717) is 10.0 Å². The highest BCUT2D eigenvalue weighted by Gasteiger charge is 2.06. The van der Waals surface area contributed by atoms with Crippen LogP contribution < -0.4 is 5.73 Å². The average Bonchev–Trinajstić information content (AvgIpc) is 2.72. The van der Waals surface area contributed by atoms with Gasteiger partial charge in [-0.1, -0.05) is 29.3 Å². The molecule has 1 heterocycles. The second kappa shape index (κ2) is 5.13. The molecule has 0 bridgehead atoms. The maximum absolute atomic E-state index is 5.99. The average molecular weight is 269 g/mol. The van der Waals surface area contributed by atoms with Gasteiger partial charge in [-0.3, -0.25) is 0 Å². The number of hydrogen-bond donors (Lipinski definition) is 1. The van der Waals surface area contributed by atoms with Crippen molar-refractivity contribution in [3.63, 3.8) is 0 Å². The Labute approximate surface area is 111 Å². The smallest absolute Gasteiger partial charge is 0.0595 e. The Morgan fingerprint density at radius 2 is 2.00 bits per heavy atom. The Balaban J connectivity index is 2.25. The molecule has 17 heavy (non-hydrogen) atoms. The Bertz CT molecular complexity index is 518. The van der Waals surface area contributed by atoms with Gasteiger partial charge in [0.2, 0.25) is 0 Å². The Morgan fingerprint density at radius 3 is 2.65 bits per heavy atom. The van der Waals surface area contributed by atoms with Crippen molar-refractivity contribution in [2.75, 3.05) is 0 Å². The number of benzene rings is 1. The van der Waals surface area contributed by atoms with Gasteiger partial charge in [-0.25, -0.2) is 0 Å². The molecule has 4 heteroatoms. The van der Waals surface area contributed by atoms with E-state index in [1.807, 2.05) is 43.5 Å². The molecular weight excluding hydrogens is 255 g/mol. The SMILES string of the molecule is CC(N)c1cccn1Cc1ccc(Cl)c(Cl)c1. The molecule has 0 aliphatic rings. The first-order chi connectivity index (χ1) is 8.08. The van der Waals surface area contributed by atoms with Gasteiger partial charge in [-0.2, -0.15) is 0 Å². The highest BCUT2D eigenvalue weighted by Crippen LogP contribution is 2.23. The van der Waals surface area contributed by atoms with Crippen molar-refractivity contribution in [1.29, 1.82) is 0 Å². The van der Waals surface area contributed by atoms with Crippen LogP contribution in [0.4, 0.5) is 0 Å². The fourth-order valence-corrected chi connectivity index (χ4v) is 2.14. The molecule has 0 saturated heterocycles. The number of nitrogens with zero attached hydrogens (tertiary/aromatic N) is 1. The molecule has 0 aliphatic carbocycles. The van der Waals surface area contributed by atoms with Crippen LogP contribution in [0.2, 0.25) is 10.0 Å². The van der Waals surface area contributed by atoms with E-state index in [1.165, 1.54) is 0 Å². The van der Waals surface area contributed by atoms with Gasteiger partial charge in [0, 0.05) is 24.5 Å². The van der Waals surface area contributed by atoms with E-state index in [4.69, 9.17) is 28.9 Å². The topological polar surface area (TPSA) is 30.9 Å². The summed E-state index contributed by atoms with van der Waals surface area (Å²) in [7, 11) is 0. The van der Waals surface area contributed by atoms with E-state index >= 15 is 0 Å². The summed E-state index contributed by atoms with van der Waals surface area (Å²) in [6, 6.07) is 9.72. The maximum Gasteiger partial charge on any atom is 0.0595 e. The minimum Gasteiger partial charge on any atom is -0.346 e. The molecule has 0 fully saturated rings. The molecule has 0 radical (unpaired) electrons. The van der Waals surface area contributed by atoms with E-state index in [2.05, 4.69) is 4.57 Å². The summed E-state index contributed by atoms with van der Waals surface area (Å²) in [5.74, 6) is 0. The van der Waals surface area contributed by atoms with Gasteiger partial charge in [-0.15, -0.1) is 0 Å². The second-order valence-electron chi connectivity index (χ2n) is 4.10. The normalized spacial score (nSPS) is 12.7. The third-order valence-electron chi connectivity index (χ3n) is 2.67. The third kappa shape index (κ3) is 2.83. The van der Waals surface area contributed by atoms with Crippen molar-refractivity contribution < 1.29 is 0 Å². The lowest BCUT2D eigenvalue weighted by Gasteiger charge is -2.12. The van der Waals surface area contributed by atoms with Crippen LogP contribution in [0.25, 0.3) is 0 Å². The molecule has 2 rings (SSSR count). The van der Waals surface area contributed by atoms with E-state index in [1.54, 1.807) is 0 Å². The van der Waals surface area contributed by atoms with E-state index < -0.39 is 0 Å². The van der Waals surface area contributed by atoms with Crippen LogP contribution in [0.1, 0.15) is 24.2 Å². The van der Waals surface area contributed by atoms with Crippen LogP contribution in [0.15, 0.2) is 36.5 Å². The summed E-state index contributed by atoms with van der Waals surface area (Å²) in [6.45, 7) is 2.72. The molecule has 1 unspecified atom stereocenters. The quantitative estimate of drug-likeness (QED) is 0.901. The first-order valence-electron chi connectivity index (χ1n) is 5.42. The molecule has 0 spiro atoms. The Morgan fingerprint density at radius 1 is 1.24 bits per heavy atom. The minimum atomic E-state index is 0.0211.